The summed E-state index contributed by atoms with van der Waals surface area (Å²) < 4.78 is 0. The minimum Gasteiger partial charge on any atom is -0.319 e. The van der Waals surface area contributed by atoms with Crippen LogP contribution in [0.1, 0.15) is 41.0 Å². The summed E-state index contributed by atoms with van der Waals surface area (Å²) in [6.07, 6.45) is 0.650. The lowest BCUT2D eigenvalue weighted by molar-refractivity contribution is -0.128. The van der Waals surface area contributed by atoms with Crippen molar-refractivity contribution in [1.29, 1.82) is 0 Å². The predicted molar refractivity (Wildman–Crippen MR) is 64.0 cm³/mol. The Morgan fingerprint density at radius 3 is 1.86 bits per heavy atom. The summed E-state index contributed by atoms with van der Waals surface area (Å²) in [5.41, 5.74) is -0.135. The van der Waals surface area contributed by atoms with E-state index in [-0.39, 0.29) is 23.2 Å². The van der Waals surface area contributed by atoms with Crippen LogP contribution in [-0.4, -0.2) is 19.4 Å². The Balaban J connectivity index is 0. The number of nitrogens with one attached hydrogen (secondary N) is 1. The highest BCUT2D eigenvalue weighted by atomic mass is 35.5. The van der Waals surface area contributed by atoms with Crippen molar-refractivity contribution in [2.45, 2.75) is 41.0 Å². The summed E-state index contributed by atoms with van der Waals surface area (Å²) in [6, 6.07) is 0. The highest BCUT2D eigenvalue weighted by molar-refractivity contribution is 5.85. The van der Waals surface area contributed by atoms with Crippen molar-refractivity contribution in [2.24, 2.45) is 10.8 Å². The minimum atomic E-state index is -0.203. The molecule has 0 aliphatic heterocycles. The van der Waals surface area contributed by atoms with E-state index in [9.17, 15) is 4.79 Å². The molecule has 86 valence electrons. The third-order valence-electron chi connectivity index (χ3n) is 2.13. The second kappa shape index (κ2) is 5.72. The van der Waals surface area contributed by atoms with Crippen molar-refractivity contribution in [3.8, 4) is 0 Å². The van der Waals surface area contributed by atoms with Crippen molar-refractivity contribution < 1.29 is 4.79 Å². The van der Waals surface area contributed by atoms with Gasteiger partial charge in [0.15, 0.2) is 0 Å². The van der Waals surface area contributed by atoms with Crippen LogP contribution in [0, 0.1) is 10.8 Å². The van der Waals surface area contributed by atoms with Crippen LogP contribution in [0.2, 0.25) is 0 Å². The number of hydrogen-bond donors (Lipinski definition) is 1. The maximum atomic E-state index is 11.7. The number of carbonyl (C=O) groups is 1. The van der Waals surface area contributed by atoms with Gasteiger partial charge < -0.3 is 5.32 Å². The van der Waals surface area contributed by atoms with E-state index in [1.54, 1.807) is 0 Å². The van der Waals surface area contributed by atoms with Crippen molar-refractivity contribution in [3.63, 3.8) is 0 Å². The summed E-state index contributed by atoms with van der Waals surface area (Å²) in [5.74, 6) is 0.341. The Morgan fingerprint density at radius 1 is 1.14 bits per heavy atom. The van der Waals surface area contributed by atoms with E-state index in [1.807, 2.05) is 27.8 Å². The fourth-order valence-corrected chi connectivity index (χ4v) is 1.24. The monoisotopic (exact) mass is 221 g/mol. The van der Waals surface area contributed by atoms with Gasteiger partial charge >= 0.3 is 0 Å². The molecule has 0 aliphatic rings. The molecule has 0 aromatic carbocycles. The third-order valence-corrected chi connectivity index (χ3v) is 2.13. The fourth-order valence-electron chi connectivity index (χ4n) is 1.24. The first-order chi connectivity index (χ1) is 5.69. The molecule has 2 nitrogen and oxygen atoms in total. The second-order valence-electron chi connectivity index (χ2n) is 5.54. The van der Waals surface area contributed by atoms with Crippen molar-refractivity contribution in [1.82, 2.24) is 5.32 Å². The zero-order valence-corrected chi connectivity index (χ0v) is 11.0. The van der Waals surface area contributed by atoms with Gasteiger partial charge in [0.1, 0.15) is 5.78 Å². The van der Waals surface area contributed by atoms with Crippen LogP contribution in [0.4, 0.5) is 0 Å². The third kappa shape index (κ3) is 6.39. The van der Waals surface area contributed by atoms with Crippen LogP contribution in [-0.2, 0) is 4.79 Å². The average Bonchev–Trinajstić information content (AvgIpc) is 1.83. The van der Waals surface area contributed by atoms with Gasteiger partial charge in [-0.25, -0.2) is 0 Å². The number of hydrogen-bond acceptors (Lipinski definition) is 2. The highest BCUT2D eigenvalue weighted by Gasteiger charge is 2.28. The average molecular weight is 222 g/mol. The first-order valence-electron chi connectivity index (χ1n) is 4.87. The molecule has 14 heavy (non-hydrogen) atoms. The van der Waals surface area contributed by atoms with Gasteiger partial charge in [-0.05, 0) is 12.5 Å². The Bertz CT molecular complexity index is 182. The molecule has 0 aliphatic carbocycles. The van der Waals surface area contributed by atoms with E-state index in [2.05, 4.69) is 19.2 Å². The van der Waals surface area contributed by atoms with Gasteiger partial charge in [0.05, 0.1) is 0 Å². The predicted octanol–water partition coefficient (Wildman–Crippen LogP) is 2.66. The molecule has 0 fully saturated rings. The molecule has 0 atom stereocenters. The SMILES string of the molecule is CNCC(C)(C)CC(=O)C(C)(C)C.Cl. The van der Waals surface area contributed by atoms with Crippen LogP contribution >= 0.6 is 12.4 Å². The molecule has 3 heteroatoms. The van der Waals surface area contributed by atoms with Gasteiger partial charge in [-0.1, -0.05) is 34.6 Å². The summed E-state index contributed by atoms with van der Waals surface area (Å²) in [7, 11) is 1.92. The van der Waals surface area contributed by atoms with Crippen LogP contribution in [0.3, 0.4) is 0 Å². The molecule has 0 unspecified atom stereocenters. The quantitative estimate of drug-likeness (QED) is 0.791. The number of halogens is 1. The molecule has 0 saturated carbocycles. The molecule has 0 rings (SSSR count). The van der Waals surface area contributed by atoms with Gasteiger partial charge in [-0.2, -0.15) is 0 Å². The molecular weight excluding hydrogens is 198 g/mol. The normalized spacial score (nSPS) is 12.1. The summed E-state index contributed by atoms with van der Waals surface area (Å²) in [5, 5.41) is 3.11. The second-order valence-corrected chi connectivity index (χ2v) is 5.54. The number of rotatable bonds is 4. The molecular formula is C11H24ClNO. The highest BCUT2D eigenvalue weighted by Crippen LogP contribution is 2.26. The van der Waals surface area contributed by atoms with Gasteiger partial charge in [0, 0.05) is 18.4 Å². The van der Waals surface area contributed by atoms with E-state index in [1.165, 1.54) is 0 Å². The molecule has 0 radical (unpaired) electrons. The van der Waals surface area contributed by atoms with Gasteiger partial charge in [-0.3, -0.25) is 4.79 Å². The molecule has 0 spiro atoms. The Kier molecular flexibility index (Phi) is 6.68. The zero-order chi connectivity index (χ0) is 10.7. The first kappa shape index (κ1) is 16.4. The molecule has 0 saturated heterocycles. The summed E-state index contributed by atoms with van der Waals surface area (Å²) in [6.45, 7) is 11.1. The van der Waals surface area contributed by atoms with Crippen molar-refractivity contribution in [3.05, 3.63) is 0 Å². The minimum absolute atomic E-state index is 0. The molecule has 0 heterocycles. The van der Waals surface area contributed by atoms with Crippen LogP contribution in [0.15, 0.2) is 0 Å². The summed E-state index contributed by atoms with van der Waals surface area (Å²) >= 11 is 0. The van der Waals surface area contributed by atoms with Gasteiger partial charge in [0.2, 0.25) is 0 Å². The van der Waals surface area contributed by atoms with Crippen LogP contribution in [0.5, 0.6) is 0 Å². The first-order valence-corrected chi connectivity index (χ1v) is 4.87. The Hall–Kier alpha value is -0.0800. The largest absolute Gasteiger partial charge is 0.319 e. The molecule has 0 aromatic rings. The van der Waals surface area contributed by atoms with E-state index in [0.717, 1.165) is 6.54 Å². The van der Waals surface area contributed by atoms with E-state index in [4.69, 9.17) is 0 Å². The number of carbonyl (C=O) groups excluding carboxylic acids is 1. The number of ketones is 1. The Labute approximate surface area is 94.3 Å². The maximum Gasteiger partial charge on any atom is 0.138 e. The lowest BCUT2D eigenvalue weighted by Gasteiger charge is -2.27. The summed E-state index contributed by atoms with van der Waals surface area (Å²) in [4.78, 5) is 11.7. The van der Waals surface area contributed by atoms with E-state index >= 15 is 0 Å². The molecule has 0 amide bonds. The smallest absolute Gasteiger partial charge is 0.138 e. The number of Topliss-reactive ketones (excluding diaryl/α,β-unsaturated/α-hetero) is 1. The van der Waals surface area contributed by atoms with Crippen molar-refractivity contribution >= 4 is 18.2 Å². The maximum absolute atomic E-state index is 11.7. The van der Waals surface area contributed by atoms with Crippen LogP contribution < -0.4 is 5.32 Å². The zero-order valence-electron chi connectivity index (χ0n) is 10.2. The van der Waals surface area contributed by atoms with Crippen LogP contribution in [0.25, 0.3) is 0 Å². The molecule has 1 N–H and O–H groups in total. The van der Waals surface area contributed by atoms with Gasteiger partial charge in [-0.15, -0.1) is 12.4 Å². The Morgan fingerprint density at radius 2 is 1.57 bits per heavy atom. The molecule has 0 aromatic heterocycles. The molecule has 0 bridgehead atoms. The lowest BCUT2D eigenvalue weighted by atomic mass is 9.79. The van der Waals surface area contributed by atoms with Gasteiger partial charge in [0.25, 0.3) is 0 Å². The lowest BCUT2D eigenvalue weighted by Crippen LogP contribution is -2.33. The topological polar surface area (TPSA) is 29.1 Å². The van der Waals surface area contributed by atoms with E-state index < -0.39 is 0 Å². The standard InChI is InChI=1S/C11H23NO.ClH/c1-10(2,3)9(13)7-11(4,5)8-12-6;/h12H,7-8H2,1-6H3;1H. The fraction of sp³-hybridized carbons (Fsp3) is 0.909. The van der Waals surface area contributed by atoms with E-state index in [0.29, 0.717) is 12.2 Å². The van der Waals surface area contributed by atoms with Crippen molar-refractivity contribution in [2.75, 3.05) is 13.6 Å².